The average molecular weight is 401 g/mol. The normalized spacial score (nSPS) is 18.7. The van der Waals surface area contributed by atoms with Crippen LogP contribution in [0, 0.1) is 11.6 Å². The summed E-state index contributed by atoms with van der Waals surface area (Å²) in [5, 5.41) is 4.98. The molecule has 3 rings (SSSR count). The van der Waals surface area contributed by atoms with Gasteiger partial charge in [0.05, 0.1) is 0 Å². The topological polar surface area (TPSA) is 78.5 Å². The average Bonchev–Trinajstić information content (AvgIpc) is 2.89. The van der Waals surface area contributed by atoms with Crippen molar-refractivity contribution in [3.8, 4) is 0 Å². The highest BCUT2D eigenvalue weighted by Crippen LogP contribution is 2.29. The summed E-state index contributed by atoms with van der Waals surface area (Å²) >= 11 is 0. The Labute approximate surface area is 166 Å². The minimum atomic E-state index is -1.29. The van der Waals surface area contributed by atoms with Crippen molar-refractivity contribution in [1.29, 1.82) is 0 Å². The molecule has 4 amide bonds. The Hall–Kier alpha value is -3.29. The van der Waals surface area contributed by atoms with Crippen molar-refractivity contribution in [1.82, 2.24) is 10.2 Å². The van der Waals surface area contributed by atoms with Crippen LogP contribution in [0.3, 0.4) is 0 Å². The second kappa shape index (κ2) is 7.98. The van der Waals surface area contributed by atoms with Gasteiger partial charge in [-0.1, -0.05) is 37.6 Å². The molecule has 1 atom stereocenters. The third kappa shape index (κ3) is 4.11. The standard InChI is InChI=1S/C21H21F2N3O3/c1-3-4-13-5-7-14(8-6-13)21(2)19(28)26(20(29)25-21)12-18(27)24-15-9-10-16(22)17(23)11-15/h5-11H,3-4,12H2,1-2H3,(H,24,27)(H,25,29)/t21-/m0/s1. The van der Waals surface area contributed by atoms with Crippen molar-refractivity contribution in [3.63, 3.8) is 0 Å². The van der Waals surface area contributed by atoms with Crippen molar-refractivity contribution in [2.45, 2.75) is 32.2 Å². The summed E-state index contributed by atoms with van der Waals surface area (Å²) in [6.07, 6.45) is 1.90. The number of carbonyl (C=O) groups is 3. The van der Waals surface area contributed by atoms with E-state index in [1.807, 2.05) is 12.1 Å². The first-order valence-corrected chi connectivity index (χ1v) is 9.23. The Kier molecular flexibility index (Phi) is 5.63. The number of halogens is 2. The molecule has 0 spiro atoms. The second-order valence-corrected chi connectivity index (χ2v) is 7.07. The molecule has 6 nitrogen and oxygen atoms in total. The lowest BCUT2D eigenvalue weighted by atomic mass is 9.91. The molecule has 0 aliphatic carbocycles. The van der Waals surface area contributed by atoms with E-state index in [0.717, 1.165) is 35.4 Å². The van der Waals surface area contributed by atoms with Gasteiger partial charge < -0.3 is 10.6 Å². The Balaban J connectivity index is 1.72. The minimum Gasteiger partial charge on any atom is -0.324 e. The van der Waals surface area contributed by atoms with Gasteiger partial charge >= 0.3 is 6.03 Å². The molecule has 2 N–H and O–H groups in total. The van der Waals surface area contributed by atoms with E-state index in [4.69, 9.17) is 0 Å². The monoisotopic (exact) mass is 401 g/mol. The smallest absolute Gasteiger partial charge is 0.324 e. The van der Waals surface area contributed by atoms with Crippen LogP contribution in [0.1, 0.15) is 31.4 Å². The molecule has 8 heteroatoms. The first-order valence-electron chi connectivity index (χ1n) is 9.23. The number of aryl methyl sites for hydroxylation is 1. The molecule has 29 heavy (non-hydrogen) atoms. The van der Waals surface area contributed by atoms with Crippen LogP contribution in [0.15, 0.2) is 42.5 Å². The van der Waals surface area contributed by atoms with Gasteiger partial charge in [-0.3, -0.25) is 14.5 Å². The number of imide groups is 1. The third-order valence-corrected chi connectivity index (χ3v) is 4.85. The van der Waals surface area contributed by atoms with Gasteiger partial charge in [-0.25, -0.2) is 13.6 Å². The largest absolute Gasteiger partial charge is 0.325 e. The number of urea groups is 1. The maximum Gasteiger partial charge on any atom is 0.325 e. The highest BCUT2D eigenvalue weighted by atomic mass is 19.2. The van der Waals surface area contributed by atoms with E-state index in [1.54, 1.807) is 19.1 Å². The number of rotatable bonds is 6. The zero-order valence-corrected chi connectivity index (χ0v) is 16.1. The molecule has 2 aromatic rings. The molecular weight excluding hydrogens is 380 g/mol. The van der Waals surface area contributed by atoms with E-state index in [0.29, 0.717) is 5.56 Å². The Morgan fingerprint density at radius 1 is 1.10 bits per heavy atom. The molecule has 152 valence electrons. The van der Waals surface area contributed by atoms with Crippen molar-refractivity contribution >= 4 is 23.5 Å². The predicted octanol–water partition coefficient (Wildman–Crippen LogP) is 3.32. The number of nitrogens with zero attached hydrogens (tertiary/aromatic N) is 1. The lowest BCUT2D eigenvalue weighted by Gasteiger charge is -2.22. The van der Waals surface area contributed by atoms with Crippen LogP contribution in [0.5, 0.6) is 0 Å². The number of amides is 4. The van der Waals surface area contributed by atoms with Crippen molar-refractivity contribution in [3.05, 3.63) is 65.2 Å². The zero-order chi connectivity index (χ0) is 21.2. The van der Waals surface area contributed by atoms with Crippen LogP contribution >= 0.6 is 0 Å². The van der Waals surface area contributed by atoms with Crippen LogP contribution in [-0.2, 0) is 21.5 Å². The predicted molar refractivity (Wildman–Crippen MR) is 103 cm³/mol. The molecular formula is C21H21F2N3O3. The fourth-order valence-corrected chi connectivity index (χ4v) is 3.25. The highest BCUT2D eigenvalue weighted by Gasteiger charge is 2.49. The SMILES string of the molecule is CCCc1ccc([C@]2(C)NC(=O)N(CC(=O)Nc3ccc(F)c(F)c3)C2=O)cc1. The Morgan fingerprint density at radius 3 is 2.41 bits per heavy atom. The van der Waals surface area contributed by atoms with Crippen molar-refractivity contribution in [2.24, 2.45) is 0 Å². The first kappa shape index (κ1) is 20.4. The van der Waals surface area contributed by atoms with E-state index in [9.17, 15) is 23.2 Å². The van der Waals surface area contributed by atoms with E-state index in [1.165, 1.54) is 6.07 Å². The molecule has 1 fully saturated rings. The van der Waals surface area contributed by atoms with Gasteiger partial charge in [-0.05, 0) is 36.6 Å². The van der Waals surface area contributed by atoms with Crippen molar-refractivity contribution in [2.75, 3.05) is 11.9 Å². The molecule has 0 bridgehead atoms. The summed E-state index contributed by atoms with van der Waals surface area (Å²) < 4.78 is 26.3. The van der Waals surface area contributed by atoms with Gasteiger partial charge in [0.1, 0.15) is 12.1 Å². The molecule has 1 aliphatic heterocycles. The lowest BCUT2D eigenvalue weighted by Crippen LogP contribution is -2.42. The summed E-state index contributed by atoms with van der Waals surface area (Å²) in [6, 6.07) is 9.56. The molecule has 1 aliphatic rings. The van der Waals surface area contributed by atoms with E-state index in [2.05, 4.69) is 17.6 Å². The molecule has 0 aromatic heterocycles. The number of carbonyl (C=O) groups excluding carboxylic acids is 3. The van der Waals surface area contributed by atoms with Crippen LogP contribution < -0.4 is 10.6 Å². The zero-order valence-electron chi connectivity index (χ0n) is 16.1. The first-order chi connectivity index (χ1) is 13.7. The molecule has 2 aromatic carbocycles. The number of hydrogen-bond acceptors (Lipinski definition) is 3. The molecule has 0 saturated carbocycles. The third-order valence-electron chi connectivity index (χ3n) is 4.85. The van der Waals surface area contributed by atoms with Crippen LogP contribution in [0.4, 0.5) is 19.3 Å². The maximum atomic E-state index is 13.3. The number of nitrogens with one attached hydrogen (secondary N) is 2. The fraction of sp³-hybridized carbons (Fsp3) is 0.286. The van der Waals surface area contributed by atoms with E-state index >= 15 is 0 Å². The lowest BCUT2D eigenvalue weighted by molar-refractivity contribution is -0.133. The van der Waals surface area contributed by atoms with Gasteiger partial charge in [0.25, 0.3) is 5.91 Å². The molecule has 0 unspecified atom stereocenters. The summed E-state index contributed by atoms with van der Waals surface area (Å²) in [5.41, 5.74) is 0.471. The summed E-state index contributed by atoms with van der Waals surface area (Å²) in [4.78, 5) is 38.2. The molecule has 1 heterocycles. The summed E-state index contributed by atoms with van der Waals surface area (Å²) in [6.45, 7) is 3.10. The van der Waals surface area contributed by atoms with Crippen LogP contribution in [0.2, 0.25) is 0 Å². The van der Waals surface area contributed by atoms with Gasteiger partial charge in [0.2, 0.25) is 5.91 Å². The van der Waals surface area contributed by atoms with Crippen molar-refractivity contribution < 1.29 is 23.2 Å². The Bertz CT molecular complexity index is 962. The van der Waals surface area contributed by atoms with E-state index in [-0.39, 0.29) is 5.69 Å². The summed E-state index contributed by atoms with van der Waals surface area (Å²) in [7, 11) is 0. The minimum absolute atomic E-state index is 0.0234. The van der Waals surface area contributed by atoms with Crippen LogP contribution in [-0.4, -0.2) is 29.3 Å². The molecule has 1 saturated heterocycles. The van der Waals surface area contributed by atoms with Crippen LogP contribution in [0.25, 0.3) is 0 Å². The maximum absolute atomic E-state index is 13.3. The number of anilines is 1. The Morgan fingerprint density at radius 2 is 1.79 bits per heavy atom. The highest BCUT2D eigenvalue weighted by molar-refractivity contribution is 6.10. The van der Waals surface area contributed by atoms with Gasteiger partial charge in [-0.15, -0.1) is 0 Å². The summed E-state index contributed by atoms with van der Waals surface area (Å²) in [5.74, 6) is -3.43. The van der Waals surface area contributed by atoms with Gasteiger partial charge in [-0.2, -0.15) is 0 Å². The number of hydrogen-bond donors (Lipinski definition) is 2. The quantitative estimate of drug-likeness (QED) is 0.729. The second-order valence-electron chi connectivity index (χ2n) is 7.07. The fourth-order valence-electron chi connectivity index (χ4n) is 3.25. The van der Waals surface area contributed by atoms with Gasteiger partial charge in [0, 0.05) is 11.8 Å². The molecule has 0 radical (unpaired) electrons. The van der Waals surface area contributed by atoms with Gasteiger partial charge in [0.15, 0.2) is 11.6 Å². The van der Waals surface area contributed by atoms with E-state index < -0.39 is 41.6 Å². The number of benzene rings is 2.